The van der Waals surface area contributed by atoms with E-state index in [1.54, 1.807) is 6.92 Å². The number of carboxylic acid groups (broad SMARTS) is 1. The number of hydrogen-bond donors (Lipinski definition) is 4. The van der Waals surface area contributed by atoms with E-state index in [2.05, 4.69) is 23.3 Å². The third-order valence-corrected chi connectivity index (χ3v) is 2.74. The van der Waals surface area contributed by atoms with E-state index in [-0.39, 0.29) is 18.3 Å². The average Bonchev–Trinajstić information content (AvgIpc) is 2.42. The molecule has 7 nitrogen and oxygen atoms in total. The van der Waals surface area contributed by atoms with Gasteiger partial charge in [0, 0.05) is 13.2 Å². The Labute approximate surface area is 123 Å². The van der Waals surface area contributed by atoms with E-state index >= 15 is 0 Å². The molecule has 20 heavy (non-hydrogen) atoms. The molecule has 0 radical (unpaired) electrons. The van der Waals surface area contributed by atoms with Crippen molar-refractivity contribution in [3.8, 4) is 0 Å². The van der Waals surface area contributed by atoms with Crippen LogP contribution in [0.2, 0.25) is 0 Å². The van der Waals surface area contributed by atoms with Gasteiger partial charge in [-0.1, -0.05) is 0 Å². The number of carboxylic acids is 1. The van der Waals surface area contributed by atoms with Crippen LogP contribution in [-0.4, -0.2) is 54.4 Å². The second-order valence-corrected chi connectivity index (χ2v) is 4.42. The Morgan fingerprint density at radius 1 is 1.25 bits per heavy atom. The van der Waals surface area contributed by atoms with Crippen LogP contribution in [0.25, 0.3) is 0 Å². The molecule has 0 fully saturated rings. The number of ether oxygens (including phenoxy) is 1. The first kappa shape index (κ1) is 18.7. The monoisotopic (exact) mass is 306 g/mol. The van der Waals surface area contributed by atoms with E-state index in [0.29, 0.717) is 32.4 Å². The number of carbonyl (C=O) groups is 3. The number of unbranched alkanes of at least 4 members (excludes halogenated alkanes) is 1. The van der Waals surface area contributed by atoms with Crippen molar-refractivity contribution >= 4 is 30.4 Å². The summed E-state index contributed by atoms with van der Waals surface area (Å²) in [5, 5.41) is 14.0. The molecule has 116 valence electrons. The molecular weight excluding hydrogens is 284 g/mol. The summed E-state index contributed by atoms with van der Waals surface area (Å²) in [5.74, 6) is -1.55. The summed E-state index contributed by atoms with van der Waals surface area (Å²) >= 11 is 3.82. The van der Waals surface area contributed by atoms with Gasteiger partial charge in [0.15, 0.2) is 0 Å². The Morgan fingerprint density at radius 2 is 1.95 bits per heavy atom. The Kier molecular flexibility index (Phi) is 10.8. The van der Waals surface area contributed by atoms with Gasteiger partial charge >= 0.3 is 5.97 Å². The second-order valence-electron chi connectivity index (χ2n) is 4.10. The summed E-state index contributed by atoms with van der Waals surface area (Å²) in [6.07, 6.45) is 1.54. The molecule has 1 unspecified atom stereocenters. The normalized spacial score (nSPS) is 11.7. The summed E-state index contributed by atoms with van der Waals surface area (Å²) in [4.78, 5) is 33.3. The number of carbonyl (C=O) groups excluding carboxylic acids is 2. The van der Waals surface area contributed by atoms with Crippen molar-refractivity contribution in [2.45, 2.75) is 32.2 Å². The maximum absolute atomic E-state index is 11.4. The van der Waals surface area contributed by atoms with Crippen molar-refractivity contribution in [1.29, 1.82) is 0 Å². The maximum Gasteiger partial charge on any atom is 0.326 e. The van der Waals surface area contributed by atoms with Crippen LogP contribution in [0.3, 0.4) is 0 Å². The van der Waals surface area contributed by atoms with Crippen molar-refractivity contribution in [2.24, 2.45) is 0 Å². The average molecular weight is 306 g/mol. The van der Waals surface area contributed by atoms with Crippen LogP contribution in [0.4, 0.5) is 0 Å². The van der Waals surface area contributed by atoms with Crippen molar-refractivity contribution < 1.29 is 24.2 Å². The lowest BCUT2D eigenvalue weighted by Crippen LogP contribution is -2.42. The van der Waals surface area contributed by atoms with Gasteiger partial charge in [-0.2, -0.15) is 12.6 Å². The van der Waals surface area contributed by atoms with Gasteiger partial charge in [-0.05, 0) is 26.2 Å². The fourth-order valence-corrected chi connectivity index (χ4v) is 1.56. The minimum absolute atomic E-state index is 0.130. The number of rotatable bonds is 11. The lowest BCUT2D eigenvalue weighted by atomic mass is 10.1. The first-order valence-corrected chi connectivity index (χ1v) is 7.12. The quantitative estimate of drug-likeness (QED) is 0.313. The summed E-state index contributed by atoms with van der Waals surface area (Å²) in [6.45, 7) is 2.48. The number of nitrogens with one attached hydrogen (secondary N) is 2. The lowest BCUT2D eigenvalue weighted by molar-refractivity contribution is -0.142. The third kappa shape index (κ3) is 9.62. The van der Waals surface area contributed by atoms with Crippen molar-refractivity contribution in [3.63, 3.8) is 0 Å². The highest BCUT2D eigenvalue weighted by atomic mass is 32.1. The van der Waals surface area contributed by atoms with Crippen LogP contribution in [-0.2, 0) is 19.1 Å². The van der Waals surface area contributed by atoms with E-state index in [4.69, 9.17) is 9.84 Å². The minimum atomic E-state index is -1.07. The van der Waals surface area contributed by atoms with Gasteiger partial charge in [-0.15, -0.1) is 0 Å². The molecule has 0 rings (SSSR count). The van der Waals surface area contributed by atoms with E-state index in [0.717, 1.165) is 0 Å². The van der Waals surface area contributed by atoms with Crippen LogP contribution in [0.5, 0.6) is 0 Å². The number of aliphatic carboxylic acids is 1. The fourth-order valence-electron chi connectivity index (χ4n) is 1.45. The topological polar surface area (TPSA) is 105 Å². The molecule has 0 aliphatic heterocycles. The number of amides is 2. The highest BCUT2D eigenvalue weighted by Crippen LogP contribution is 2.01. The van der Waals surface area contributed by atoms with Crippen molar-refractivity contribution in [3.05, 3.63) is 0 Å². The summed E-state index contributed by atoms with van der Waals surface area (Å²) in [6, 6.07) is -0.927. The van der Waals surface area contributed by atoms with E-state index < -0.39 is 17.9 Å². The highest BCUT2D eigenvalue weighted by Gasteiger charge is 2.19. The van der Waals surface area contributed by atoms with Crippen molar-refractivity contribution in [2.75, 3.05) is 25.5 Å². The van der Waals surface area contributed by atoms with Crippen molar-refractivity contribution in [1.82, 2.24) is 10.6 Å². The molecule has 0 bridgehead atoms. The number of hydrogen-bond acceptors (Lipinski definition) is 5. The molecule has 0 heterocycles. The highest BCUT2D eigenvalue weighted by molar-refractivity contribution is 7.81. The summed E-state index contributed by atoms with van der Waals surface area (Å²) in [7, 11) is 0. The SMILES string of the molecule is CCOCC(=O)NC(CCCCNC(=O)CS)C(=O)O. The van der Waals surface area contributed by atoms with Gasteiger partial charge in [0.25, 0.3) is 0 Å². The zero-order valence-corrected chi connectivity index (χ0v) is 12.4. The first-order chi connectivity index (χ1) is 9.51. The third-order valence-electron chi connectivity index (χ3n) is 2.46. The summed E-state index contributed by atoms with van der Waals surface area (Å²) in [5.41, 5.74) is 0. The van der Waals surface area contributed by atoms with E-state index in [9.17, 15) is 14.4 Å². The Hall–Kier alpha value is -1.28. The largest absolute Gasteiger partial charge is 0.480 e. The van der Waals surface area contributed by atoms with E-state index in [1.807, 2.05) is 0 Å². The molecule has 1 atom stereocenters. The molecule has 0 aromatic rings. The standard InChI is InChI=1S/C12H22N2O5S/c1-2-19-7-10(15)14-9(12(17)18)5-3-4-6-13-11(16)8-20/h9,20H,2-8H2,1H3,(H,13,16)(H,14,15)(H,17,18). The van der Waals surface area contributed by atoms with Gasteiger partial charge in [-0.25, -0.2) is 4.79 Å². The van der Waals surface area contributed by atoms with Gasteiger partial charge < -0.3 is 20.5 Å². The molecule has 0 saturated heterocycles. The molecule has 0 aliphatic carbocycles. The molecule has 0 saturated carbocycles. The zero-order valence-electron chi connectivity index (χ0n) is 11.6. The Bertz CT molecular complexity index is 325. The molecule has 0 spiro atoms. The predicted molar refractivity (Wildman–Crippen MR) is 76.8 cm³/mol. The van der Waals surface area contributed by atoms with Gasteiger partial charge in [-0.3, -0.25) is 9.59 Å². The van der Waals surface area contributed by atoms with Crippen LogP contribution in [0.15, 0.2) is 0 Å². The van der Waals surface area contributed by atoms with Crippen LogP contribution in [0, 0.1) is 0 Å². The van der Waals surface area contributed by atoms with E-state index in [1.165, 1.54) is 0 Å². The van der Waals surface area contributed by atoms with Crippen LogP contribution in [0.1, 0.15) is 26.2 Å². The number of thiol groups is 1. The molecule has 0 aromatic carbocycles. The smallest absolute Gasteiger partial charge is 0.326 e. The fraction of sp³-hybridized carbons (Fsp3) is 0.750. The van der Waals surface area contributed by atoms with Gasteiger partial charge in [0.1, 0.15) is 12.6 Å². The predicted octanol–water partition coefficient (Wildman–Crippen LogP) is -0.191. The zero-order chi connectivity index (χ0) is 15.4. The Morgan fingerprint density at radius 3 is 2.50 bits per heavy atom. The molecule has 0 aliphatic rings. The molecule has 8 heteroatoms. The second kappa shape index (κ2) is 11.5. The minimum Gasteiger partial charge on any atom is -0.480 e. The van der Waals surface area contributed by atoms with Gasteiger partial charge in [0.2, 0.25) is 11.8 Å². The molecule has 0 aromatic heterocycles. The molecule has 3 N–H and O–H groups in total. The maximum atomic E-state index is 11.4. The summed E-state index contributed by atoms with van der Waals surface area (Å²) < 4.78 is 4.90. The lowest BCUT2D eigenvalue weighted by Gasteiger charge is -2.14. The first-order valence-electron chi connectivity index (χ1n) is 6.48. The Balaban J connectivity index is 3.89. The van der Waals surface area contributed by atoms with Crippen LogP contribution < -0.4 is 10.6 Å². The van der Waals surface area contributed by atoms with Crippen LogP contribution >= 0.6 is 12.6 Å². The molecular formula is C12H22N2O5S. The van der Waals surface area contributed by atoms with Gasteiger partial charge in [0.05, 0.1) is 5.75 Å². The molecule has 2 amide bonds.